The van der Waals surface area contributed by atoms with Crippen molar-refractivity contribution in [3.63, 3.8) is 0 Å². The number of Topliss-reactive ketones (excluding diaryl/α,β-unsaturated/α-hetero) is 1. The van der Waals surface area contributed by atoms with Gasteiger partial charge in [-0.1, -0.05) is 0 Å². The van der Waals surface area contributed by atoms with Gasteiger partial charge in [0, 0.05) is 31.0 Å². The van der Waals surface area contributed by atoms with Crippen LogP contribution in [0.4, 0.5) is 4.39 Å². The highest BCUT2D eigenvalue weighted by Crippen LogP contribution is 2.23. The Hall–Kier alpha value is -2.70. The van der Waals surface area contributed by atoms with E-state index in [0.29, 0.717) is 37.4 Å². The molecule has 2 heterocycles. The van der Waals surface area contributed by atoms with Gasteiger partial charge in [0.2, 0.25) is 5.91 Å². The summed E-state index contributed by atoms with van der Waals surface area (Å²) in [6, 6.07) is 5.56. The van der Waals surface area contributed by atoms with Crippen LogP contribution in [0.3, 0.4) is 0 Å². The fourth-order valence-corrected chi connectivity index (χ4v) is 3.25. The molecule has 0 saturated carbocycles. The van der Waals surface area contributed by atoms with Crippen LogP contribution in [-0.4, -0.2) is 41.9 Å². The summed E-state index contributed by atoms with van der Waals surface area (Å²) in [5.74, 6) is -0.275. The number of aromatic nitrogens is 1. The zero-order valence-corrected chi connectivity index (χ0v) is 14.6. The number of likely N-dealkylation sites (tertiary alicyclic amines) is 1. The van der Waals surface area contributed by atoms with Crippen LogP contribution in [0.2, 0.25) is 0 Å². The lowest BCUT2D eigenvalue weighted by Crippen LogP contribution is -2.42. The number of carbonyl (C=O) groups excluding carboxylic acids is 2. The SMILES string of the molecule is COc1nocc1CCC(=O)N1CCC[C@H](C(=O)c2ccc(F)cc2)C1. The van der Waals surface area contributed by atoms with E-state index in [-0.39, 0.29) is 23.4 Å². The average molecular weight is 360 g/mol. The standard InChI is InChI=1S/C19H21FN2O4/c1-25-19-15(12-26-21-19)6-9-17(23)22-10-2-3-14(11-22)18(24)13-4-7-16(20)8-5-13/h4-5,7-8,12,14H,2-3,6,9-11H2,1H3/t14-/m0/s1. The Morgan fingerprint density at radius 2 is 2.12 bits per heavy atom. The van der Waals surface area contributed by atoms with Gasteiger partial charge in [-0.25, -0.2) is 4.39 Å². The number of carbonyl (C=O) groups is 2. The van der Waals surface area contributed by atoms with E-state index in [1.54, 1.807) is 4.90 Å². The Morgan fingerprint density at radius 3 is 2.85 bits per heavy atom. The van der Waals surface area contributed by atoms with Gasteiger partial charge in [0.25, 0.3) is 5.88 Å². The van der Waals surface area contributed by atoms with Crippen LogP contribution in [0.5, 0.6) is 5.88 Å². The minimum absolute atomic E-state index is 0.00939. The van der Waals surface area contributed by atoms with Crippen molar-refractivity contribution in [2.45, 2.75) is 25.7 Å². The van der Waals surface area contributed by atoms with Crippen LogP contribution in [0, 0.1) is 11.7 Å². The van der Waals surface area contributed by atoms with Crippen LogP contribution >= 0.6 is 0 Å². The van der Waals surface area contributed by atoms with Crippen molar-refractivity contribution >= 4 is 11.7 Å². The van der Waals surface area contributed by atoms with Gasteiger partial charge in [-0.05, 0) is 48.7 Å². The Balaban J connectivity index is 1.58. The number of halogens is 1. The largest absolute Gasteiger partial charge is 0.479 e. The maximum Gasteiger partial charge on any atom is 0.257 e. The second kappa shape index (κ2) is 8.12. The van der Waals surface area contributed by atoms with Gasteiger partial charge in [0.05, 0.1) is 12.7 Å². The lowest BCUT2D eigenvalue weighted by atomic mass is 9.90. The number of ketones is 1. The minimum Gasteiger partial charge on any atom is -0.479 e. The van der Waals surface area contributed by atoms with Gasteiger partial charge >= 0.3 is 0 Å². The summed E-state index contributed by atoms with van der Waals surface area (Å²) in [6.07, 6.45) is 3.76. The monoisotopic (exact) mass is 360 g/mol. The summed E-state index contributed by atoms with van der Waals surface area (Å²) in [5.41, 5.74) is 1.23. The molecule has 7 heteroatoms. The predicted molar refractivity (Wildman–Crippen MR) is 91.4 cm³/mol. The van der Waals surface area contributed by atoms with Crippen LogP contribution in [-0.2, 0) is 11.2 Å². The molecule has 1 atom stereocenters. The van der Waals surface area contributed by atoms with Crippen molar-refractivity contribution in [2.24, 2.45) is 5.92 Å². The molecular formula is C19H21FN2O4. The quantitative estimate of drug-likeness (QED) is 0.741. The maximum absolute atomic E-state index is 13.0. The third-order valence-corrected chi connectivity index (χ3v) is 4.68. The lowest BCUT2D eigenvalue weighted by molar-refractivity contribution is -0.132. The third kappa shape index (κ3) is 4.09. The van der Waals surface area contributed by atoms with Crippen molar-refractivity contribution in [1.29, 1.82) is 0 Å². The summed E-state index contributed by atoms with van der Waals surface area (Å²) in [7, 11) is 1.50. The Kier molecular flexibility index (Phi) is 5.65. The van der Waals surface area contributed by atoms with E-state index in [9.17, 15) is 14.0 Å². The Labute approximate surface area is 150 Å². The summed E-state index contributed by atoms with van der Waals surface area (Å²) < 4.78 is 22.9. The molecule has 0 radical (unpaired) electrons. The second-order valence-corrected chi connectivity index (χ2v) is 6.40. The number of hydrogen-bond donors (Lipinski definition) is 0. The molecule has 3 rings (SSSR count). The fraction of sp³-hybridized carbons (Fsp3) is 0.421. The summed E-state index contributed by atoms with van der Waals surface area (Å²) in [6.45, 7) is 1.04. The van der Waals surface area contributed by atoms with E-state index < -0.39 is 0 Å². The molecule has 1 aromatic carbocycles. The number of aryl methyl sites for hydroxylation is 1. The molecule has 2 aromatic rings. The smallest absolute Gasteiger partial charge is 0.257 e. The number of piperidine rings is 1. The van der Waals surface area contributed by atoms with Crippen LogP contribution in [0.1, 0.15) is 35.2 Å². The van der Waals surface area contributed by atoms with E-state index in [0.717, 1.165) is 18.4 Å². The van der Waals surface area contributed by atoms with Crippen LogP contribution < -0.4 is 4.74 Å². The first-order valence-electron chi connectivity index (χ1n) is 8.63. The Morgan fingerprint density at radius 1 is 1.35 bits per heavy atom. The van der Waals surface area contributed by atoms with E-state index >= 15 is 0 Å². The molecule has 138 valence electrons. The van der Waals surface area contributed by atoms with Crippen LogP contribution in [0.25, 0.3) is 0 Å². The highest BCUT2D eigenvalue weighted by atomic mass is 19.1. The predicted octanol–water partition coefficient (Wildman–Crippen LogP) is 2.88. The summed E-state index contributed by atoms with van der Waals surface area (Å²) >= 11 is 0. The van der Waals surface area contributed by atoms with Gasteiger partial charge in [-0.3, -0.25) is 9.59 Å². The van der Waals surface area contributed by atoms with Crippen LogP contribution in [0.15, 0.2) is 35.1 Å². The highest BCUT2D eigenvalue weighted by molar-refractivity contribution is 5.98. The molecule has 1 aromatic heterocycles. The van der Waals surface area contributed by atoms with E-state index in [1.165, 1.54) is 37.6 Å². The first-order chi connectivity index (χ1) is 12.6. The zero-order valence-electron chi connectivity index (χ0n) is 14.6. The molecule has 0 bridgehead atoms. The zero-order chi connectivity index (χ0) is 18.5. The average Bonchev–Trinajstić information content (AvgIpc) is 3.14. The van der Waals surface area contributed by atoms with Crippen molar-refractivity contribution in [3.8, 4) is 5.88 Å². The fourth-order valence-electron chi connectivity index (χ4n) is 3.25. The number of ether oxygens (including phenoxy) is 1. The first-order valence-corrected chi connectivity index (χ1v) is 8.63. The van der Waals surface area contributed by atoms with Gasteiger partial charge in [0.1, 0.15) is 12.1 Å². The molecule has 0 aliphatic carbocycles. The molecule has 0 spiro atoms. The number of amides is 1. The molecule has 0 unspecified atom stereocenters. The number of rotatable bonds is 6. The molecule has 0 N–H and O–H groups in total. The summed E-state index contributed by atoms with van der Waals surface area (Å²) in [5, 5.41) is 3.71. The first kappa shape index (κ1) is 18.1. The lowest BCUT2D eigenvalue weighted by Gasteiger charge is -2.32. The molecule has 1 fully saturated rings. The molecule has 1 saturated heterocycles. The Bertz CT molecular complexity index is 772. The van der Waals surface area contributed by atoms with Crippen molar-refractivity contribution < 1.29 is 23.2 Å². The normalized spacial score (nSPS) is 17.2. The van der Waals surface area contributed by atoms with Gasteiger partial charge in [-0.15, -0.1) is 0 Å². The number of methoxy groups -OCH3 is 1. The number of benzene rings is 1. The second-order valence-electron chi connectivity index (χ2n) is 6.40. The van der Waals surface area contributed by atoms with Crippen molar-refractivity contribution in [3.05, 3.63) is 47.5 Å². The molecule has 1 aliphatic rings. The van der Waals surface area contributed by atoms with E-state index in [1.807, 2.05) is 0 Å². The van der Waals surface area contributed by atoms with Gasteiger partial charge in [-0.2, -0.15) is 0 Å². The minimum atomic E-state index is -0.369. The molecule has 1 aliphatic heterocycles. The topological polar surface area (TPSA) is 72.6 Å². The third-order valence-electron chi connectivity index (χ3n) is 4.68. The van der Waals surface area contributed by atoms with Gasteiger partial charge < -0.3 is 14.2 Å². The number of nitrogens with zero attached hydrogens (tertiary/aromatic N) is 2. The van der Waals surface area contributed by atoms with Crippen molar-refractivity contribution in [2.75, 3.05) is 20.2 Å². The molecule has 6 nitrogen and oxygen atoms in total. The molecule has 26 heavy (non-hydrogen) atoms. The van der Waals surface area contributed by atoms with E-state index in [2.05, 4.69) is 5.16 Å². The van der Waals surface area contributed by atoms with Gasteiger partial charge in [0.15, 0.2) is 5.78 Å². The van der Waals surface area contributed by atoms with E-state index in [4.69, 9.17) is 9.26 Å². The summed E-state index contributed by atoms with van der Waals surface area (Å²) in [4.78, 5) is 26.9. The number of hydrogen-bond acceptors (Lipinski definition) is 5. The molecular weight excluding hydrogens is 339 g/mol. The molecule has 1 amide bonds. The highest BCUT2D eigenvalue weighted by Gasteiger charge is 2.29. The van der Waals surface area contributed by atoms with Crippen molar-refractivity contribution in [1.82, 2.24) is 10.1 Å². The maximum atomic E-state index is 13.0.